The second-order valence-electron chi connectivity index (χ2n) is 4.58. The molecule has 0 bridgehead atoms. The Bertz CT molecular complexity index is 397. The summed E-state index contributed by atoms with van der Waals surface area (Å²) in [6.07, 6.45) is 0.0265. The molecule has 1 atom stereocenters. The van der Waals surface area contributed by atoms with E-state index in [1.165, 1.54) is 0 Å². The summed E-state index contributed by atoms with van der Waals surface area (Å²) in [5.41, 5.74) is 0.604. The van der Waals surface area contributed by atoms with Gasteiger partial charge < -0.3 is 9.47 Å². The van der Waals surface area contributed by atoms with Crippen molar-refractivity contribution < 1.29 is 13.9 Å². The zero-order valence-electron chi connectivity index (χ0n) is 11.0. The van der Waals surface area contributed by atoms with Gasteiger partial charge in [-0.1, -0.05) is 19.1 Å². The normalized spacial score (nSPS) is 20.9. The second kappa shape index (κ2) is 6.16. The zero-order chi connectivity index (χ0) is 13.0. The highest BCUT2D eigenvalue weighted by atomic mass is 19.1. The molecule has 3 nitrogen and oxygen atoms in total. The van der Waals surface area contributed by atoms with Gasteiger partial charge in [-0.2, -0.15) is 0 Å². The lowest BCUT2D eigenvalue weighted by atomic mass is 10.2. The molecular weight excluding hydrogens is 233 g/mol. The molecule has 1 fully saturated rings. The van der Waals surface area contributed by atoms with Crippen LogP contribution in [-0.2, 0) is 4.74 Å². The van der Waals surface area contributed by atoms with Crippen LogP contribution in [-0.4, -0.2) is 43.9 Å². The summed E-state index contributed by atoms with van der Waals surface area (Å²) in [5, 5.41) is 0. The molecule has 1 aliphatic heterocycles. The maximum atomic E-state index is 13.7. The smallest absolute Gasteiger partial charge is 0.167 e. The van der Waals surface area contributed by atoms with Crippen LogP contribution < -0.4 is 4.74 Å². The van der Waals surface area contributed by atoms with Gasteiger partial charge in [-0.05, 0) is 25.1 Å². The SMILES string of the molecule is CCN1CCOC(COc2cccc(C)c2F)C1. The van der Waals surface area contributed by atoms with Gasteiger partial charge >= 0.3 is 0 Å². The fraction of sp³-hybridized carbons (Fsp3) is 0.571. The Labute approximate surface area is 107 Å². The number of hydrogen-bond donors (Lipinski definition) is 0. The largest absolute Gasteiger partial charge is 0.488 e. The minimum Gasteiger partial charge on any atom is -0.488 e. The molecule has 1 aromatic rings. The Morgan fingerprint density at radius 3 is 3.11 bits per heavy atom. The molecule has 0 spiro atoms. The van der Waals surface area contributed by atoms with Gasteiger partial charge in [-0.3, -0.25) is 4.90 Å². The Morgan fingerprint density at radius 1 is 1.50 bits per heavy atom. The monoisotopic (exact) mass is 253 g/mol. The first-order valence-electron chi connectivity index (χ1n) is 6.42. The summed E-state index contributed by atoms with van der Waals surface area (Å²) >= 11 is 0. The van der Waals surface area contributed by atoms with Crippen LogP contribution in [0.5, 0.6) is 5.75 Å². The van der Waals surface area contributed by atoms with Gasteiger partial charge in [0.2, 0.25) is 0 Å². The van der Waals surface area contributed by atoms with E-state index in [9.17, 15) is 4.39 Å². The first-order valence-corrected chi connectivity index (χ1v) is 6.42. The number of rotatable bonds is 4. The quantitative estimate of drug-likeness (QED) is 0.821. The molecule has 0 saturated carbocycles. The standard InChI is InChI=1S/C14H20FNO2/c1-3-16-7-8-17-12(9-16)10-18-13-6-4-5-11(2)14(13)15/h4-6,12H,3,7-10H2,1-2H3. The van der Waals surface area contributed by atoms with Crippen molar-refractivity contribution in [3.05, 3.63) is 29.6 Å². The van der Waals surface area contributed by atoms with Gasteiger partial charge in [0.25, 0.3) is 0 Å². The van der Waals surface area contributed by atoms with Gasteiger partial charge in [0, 0.05) is 13.1 Å². The summed E-state index contributed by atoms with van der Waals surface area (Å²) in [5.74, 6) is 0.0351. The molecule has 100 valence electrons. The summed E-state index contributed by atoms with van der Waals surface area (Å²) in [4.78, 5) is 2.31. The predicted octanol–water partition coefficient (Wildman–Crippen LogP) is 2.23. The number of benzene rings is 1. The molecule has 0 amide bonds. The molecule has 4 heteroatoms. The molecule has 0 radical (unpaired) electrons. The van der Waals surface area contributed by atoms with Gasteiger partial charge in [-0.25, -0.2) is 4.39 Å². The van der Waals surface area contributed by atoms with Crippen LogP contribution in [0.2, 0.25) is 0 Å². The topological polar surface area (TPSA) is 21.7 Å². The lowest BCUT2D eigenvalue weighted by Gasteiger charge is -2.31. The van der Waals surface area contributed by atoms with Crippen LogP contribution in [0, 0.1) is 12.7 Å². The first kappa shape index (κ1) is 13.3. The second-order valence-corrected chi connectivity index (χ2v) is 4.58. The third-order valence-electron chi connectivity index (χ3n) is 3.25. The van der Waals surface area contributed by atoms with Gasteiger partial charge in [0.05, 0.1) is 6.61 Å². The van der Waals surface area contributed by atoms with Gasteiger partial charge in [0.1, 0.15) is 12.7 Å². The molecule has 0 aromatic heterocycles. The van der Waals surface area contributed by atoms with Crippen LogP contribution >= 0.6 is 0 Å². The highest BCUT2D eigenvalue weighted by Gasteiger charge is 2.20. The van der Waals surface area contributed by atoms with E-state index in [-0.39, 0.29) is 11.9 Å². The lowest BCUT2D eigenvalue weighted by molar-refractivity contribution is -0.0468. The van der Waals surface area contributed by atoms with Crippen molar-refractivity contribution in [2.45, 2.75) is 20.0 Å². The number of ether oxygens (including phenoxy) is 2. The van der Waals surface area contributed by atoms with E-state index in [2.05, 4.69) is 11.8 Å². The number of nitrogens with zero attached hydrogens (tertiary/aromatic N) is 1. The Morgan fingerprint density at radius 2 is 2.33 bits per heavy atom. The van der Waals surface area contributed by atoms with Gasteiger partial charge in [-0.15, -0.1) is 0 Å². The Kier molecular flexibility index (Phi) is 4.55. The molecule has 1 saturated heterocycles. The molecule has 0 aliphatic carbocycles. The molecule has 1 aromatic carbocycles. The average molecular weight is 253 g/mol. The van der Waals surface area contributed by atoms with Crippen molar-refractivity contribution in [2.24, 2.45) is 0 Å². The van der Waals surface area contributed by atoms with Crippen molar-refractivity contribution in [3.63, 3.8) is 0 Å². The minimum absolute atomic E-state index is 0.0265. The predicted molar refractivity (Wildman–Crippen MR) is 68.5 cm³/mol. The van der Waals surface area contributed by atoms with E-state index in [0.29, 0.717) is 17.9 Å². The number of halogens is 1. The molecular formula is C14H20FNO2. The molecule has 18 heavy (non-hydrogen) atoms. The van der Waals surface area contributed by atoms with Crippen molar-refractivity contribution in [3.8, 4) is 5.75 Å². The van der Waals surface area contributed by atoms with Crippen LogP contribution in [0.15, 0.2) is 18.2 Å². The minimum atomic E-state index is -0.277. The number of hydrogen-bond acceptors (Lipinski definition) is 3. The van der Waals surface area contributed by atoms with Crippen molar-refractivity contribution in [2.75, 3.05) is 32.8 Å². The highest BCUT2D eigenvalue weighted by molar-refractivity contribution is 5.30. The number of aryl methyl sites for hydroxylation is 1. The summed E-state index contributed by atoms with van der Waals surface area (Å²) in [6, 6.07) is 5.19. The highest BCUT2D eigenvalue weighted by Crippen LogP contribution is 2.20. The van der Waals surface area contributed by atoms with Gasteiger partial charge in [0.15, 0.2) is 11.6 Å². The summed E-state index contributed by atoms with van der Waals surface area (Å²) in [6.45, 7) is 7.81. The zero-order valence-corrected chi connectivity index (χ0v) is 11.0. The Hall–Kier alpha value is -1.13. The summed E-state index contributed by atoms with van der Waals surface area (Å²) in [7, 11) is 0. The van der Waals surface area contributed by atoms with E-state index < -0.39 is 0 Å². The fourth-order valence-corrected chi connectivity index (χ4v) is 2.08. The molecule has 0 N–H and O–H groups in total. The molecule has 2 rings (SSSR count). The number of morpholine rings is 1. The third kappa shape index (κ3) is 3.21. The van der Waals surface area contributed by atoms with Crippen molar-refractivity contribution >= 4 is 0 Å². The van der Waals surface area contributed by atoms with E-state index in [1.807, 2.05) is 0 Å². The van der Waals surface area contributed by atoms with Crippen molar-refractivity contribution in [1.29, 1.82) is 0 Å². The third-order valence-corrected chi connectivity index (χ3v) is 3.25. The first-order chi connectivity index (χ1) is 8.70. The van der Waals surface area contributed by atoms with E-state index >= 15 is 0 Å². The average Bonchev–Trinajstić information content (AvgIpc) is 2.41. The van der Waals surface area contributed by atoms with E-state index in [1.54, 1.807) is 25.1 Å². The van der Waals surface area contributed by atoms with Crippen molar-refractivity contribution in [1.82, 2.24) is 4.90 Å². The maximum absolute atomic E-state index is 13.7. The fourth-order valence-electron chi connectivity index (χ4n) is 2.08. The van der Waals surface area contributed by atoms with Crippen LogP contribution in [0.4, 0.5) is 4.39 Å². The van der Waals surface area contributed by atoms with Crippen LogP contribution in [0.1, 0.15) is 12.5 Å². The molecule has 1 heterocycles. The van der Waals surface area contributed by atoms with Crippen LogP contribution in [0.25, 0.3) is 0 Å². The van der Waals surface area contributed by atoms with E-state index in [4.69, 9.17) is 9.47 Å². The van der Waals surface area contributed by atoms with Crippen LogP contribution in [0.3, 0.4) is 0 Å². The Balaban J connectivity index is 1.89. The van der Waals surface area contributed by atoms with E-state index in [0.717, 1.165) is 26.2 Å². The lowest BCUT2D eigenvalue weighted by Crippen LogP contribution is -2.44. The summed E-state index contributed by atoms with van der Waals surface area (Å²) < 4.78 is 24.9. The maximum Gasteiger partial charge on any atom is 0.167 e. The molecule has 1 unspecified atom stereocenters. The number of likely N-dealkylation sites (N-methyl/N-ethyl adjacent to an activating group) is 1. The molecule has 1 aliphatic rings.